The molecule has 4 heteroatoms. The second-order valence-corrected chi connectivity index (χ2v) is 4.72. The molecule has 2 aromatic carbocycles. The molecule has 0 fully saturated rings. The van der Waals surface area contributed by atoms with E-state index in [-0.39, 0.29) is 18.2 Å². The van der Waals surface area contributed by atoms with Crippen molar-refractivity contribution < 1.29 is 13.9 Å². The van der Waals surface area contributed by atoms with E-state index < -0.39 is 17.7 Å². The lowest BCUT2D eigenvalue weighted by Crippen LogP contribution is -2.25. The lowest BCUT2D eigenvalue weighted by molar-refractivity contribution is 0.166. The van der Waals surface area contributed by atoms with Gasteiger partial charge in [-0.05, 0) is 30.7 Å². The van der Waals surface area contributed by atoms with E-state index in [0.29, 0.717) is 0 Å². The van der Waals surface area contributed by atoms with Crippen molar-refractivity contribution in [3.05, 3.63) is 71.3 Å². The molecule has 2 nitrogen and oxygen atoms in total. The van der Waals surface area contributed by atoms with Crippen LogP contribution in [0.5, 0.6) is 0 Å². The van der Waals surface area contributed by atoms with Crippen molar-refractivity contribution in [2.24, 2.45) is 0 Å². The first-order chi connectivity index (χ1) is 9.58. The largest absolute Gasteiger partial charge is 0.387 e. The van der Waals surface area contributed by atoms with Gasteiger partial charge in [-0.25, -0.2) is 8.78 Å². The minimum Gasteiger partial charge on any atom is -0.387 e. The molecule has 0 saturated heterocycles. The molecule has 0 saturated carbocycles. The Morgan fingerprint density at radius 2 is 1.80 bits per heavy atom. The number of halogens is 2. The van der Waals surface area contributed by atoms with Crippen LogP contribution in [0.3, 0.4) is 0 Å². The van der Waals surface area contributed by atoms with Gasteiger partial charge in [0.05, 0.1) is 6.10 Å². The van der Waals surface area contributed by atoms with Crippen LogP contribution in [-0.2, 0) is 0 Å². The standard InChI is InChI=1S/C16H17F2NO/c1-11(12-5-3-2-4-6-12)19-10-16(20)14-9-13(17)7-8-15(14)18/h2-9,11,16,19-20H,10H2,1H3/t11-,16?/m1/s1. The third-order valence-electron chi connectivity index (χ3n) is 3.23. The smallest absolute Gasteiger partial charge is 0.129 e. The molecule has 2 N–H and O–H groups in total. The van der Waals surface area contributed by atoms with Gasteiger partial charge in [-0.3, -0.25) is 0 Å². The minimum absolute atomic E-state index is 0.0162. The average molecular weight is 277 g/mol. The monoisotopic (exact) mass is 277 g/mol. The molecule has 1 unspecified atom stereocenters. The second-order valence-electron chi connectivity index (χ2n) is 4.72. The van der Waals surface area contributed by atoms with Crippen molar-refractivity contribution in [3.63, 3.8) is 0 Å². The van der Waals surface area contributed by atoms with Crippen LogP contribution in [-0.4, -0.2) is 11.7 Å². The zero-order valence-electron chi connectivity index (χ0n) is 11.2. The van der Waals surface area contributed by atoms with Crippen molar-refractivity contribution >= 4 is 0 Å². The van der Waals surface area contributed by atoms with Gasteiger partial charge in [0, 0.05) is 18.2 Å². The molecule has 0 aliphatic carbocycles. The first kappa shape index (κ1) is 14.6. The maximum Gasteiger partial charge on any atom is 0.129 e. The SMILES string of the molecule is C[C@@H](NCC(O)c1cc(F)ccc1F)c1ccccc1. The fraction of sp³-hybridized carbons (Fsp3) is 0.250. The molecule has 106 valence electrons. The Morgan fingerprint density at radius 1 is 1.10 bits per heavy atom. The first-order valence-electron chi connectivity index (χ1n) is 6.49. The molecule has 0 amide bonds. The van der Waals surface area contributed by atoms with Gasteiger partial charge in [-0.1, -0.05) is 30.3 Å². The van der Waals surface area contributed by atoms with Crippen LogP contribution in [0.1, 0.15) is 30.2 Å². The Labute approximate surface area is 117 Å². The molecule has 0 radical (unpaired) electrons. The number of aliphatic hydroxyl groups is 1. The molecule has 2 aromatic rings. The van der Waals surface area contributed by atoms with Crippen LogP contribution in [0.25, 0.3) is 0 Å². The quantitative estimate of drug-likeness (QED) is 0.878. The van der Waals surface area contributed by atoms with E-state index in [9.17, 15) is 13.9 Å². The van der Waals surface area contributed by atoms with Crippen molar-refractivity contribution in [3.8, 4) is 0 Å². The predicted molar refractivity (Wildman–Crippen MR) is 74.2 cm³/mol. The minimum atomic E-state index is -1.09. The highest BCUT2D eigenvalue weighted by atomic mass is 19.1. The summed E-state index contributed by atoms with van der Waals surface area (Å²) in [5, 5.41) is 13.1. The number of hydrogen-bond donors (Lipinski definition) is 2. The van der Waals surface area contributed by atoms with Gasteiger partial charge in [0.1, 0.15) is 11.6 Å². The molecule has 2 atom stereocenters. The molecule has 0 spiro atoms. The van der Waals surface area contributed by atoms with E-state index >= 15 is 0 Å². The average Bonchev–Trinajstić information content (AvgIpc) is 2.47. The van der Waals surface area contributed by atoms with Crippen LogP contribution in [0.2, 0.25) is 0 Å². The number of benzene rings is 2. The highest BCUT2D eigenvalue weighted by Gasteiger charge is 2.15. The lowest BCUT2D eigenvalue weighted by atomic mass is 10.1. The highest BCUT2D eigenvalue weighted by Crippen LogP contribution is 2.19. The molecule has 2 rings (SSSR count). The normalized spacial score (nSPS) is 14.0. The molecular formula is C16H17F2NO. The zero-order chi connectivity index (χ0) is 14.5. The zero-order valence-corrected chi connectivity index (χ0v) is 11.2. The van der Waals surface area contributed by atoms with Crippen molar-refractivity contribution in [1.82, 2.24) is 5.32 Å². The topological polar surface area (TPSA) is 32.3 Å². The summed E-state index contributed by atoms with van der Waals surface area (Å²) in [5.74, 6) is -1.16. The Kier molecular flexibility index (Phi) is 4.82. The Morgan fingerprint density at radius 3 is 2.50 bits per heavy atom. The van der Waals surface area contributed by atoms with Crippen LogP contribution in [0.4, 0.5) is 8.78 Å². The third-order valence-corrected chi connectivity index (χ3v) is 3.23. The maximum atomic E-state index is 13.5. The Bertz CT molecular complexity index is 560. The maximum absolute atomic E-state index is 13.5. The van der Waals surface area contributed by atoms with Crippen LogP contribution < -0.4 is 5.32 Å². The van der Waals surface area contributed by atoms with E-state index in [1.165, 1.54) is 0 Å². The van der Waals surface area contributed by atoms with E-state index in [1.54, 1.807) is 0 Å². The van der Waals surface area contributed by atoms with E-state index in [4.69, 9.17) is 0 Å². The predicted octanol–water partition coefficient (Wildman–Crippen LogP) is 3.35. The molecular weight excluding hydrogens is 260 g/mol. The fourth-order valence-electron chi connectivity index (χ4n) is 2.03. The summed E-state index contributed by atoms with van der Waals surface area (Å²) in [7, 11) is 0. The summed E-state index contributed by atoms with van der Waals surface area (Å²) in [6.07, 6.45) is -1.09. The Hall–Kier alpha value is -1.78. The van der Waals surface area contributed by atoms with Gasteiger partial charge < -0.3 is 10.4 Å². The highest BCUT2D eigenvalue weighted by molar-refractivity contribution is 5.22. The number of aliphatic hydroxyl groups excluding tert-OH is 1. The summed E-state index contributed by atoms with van der Waals surface area (Å²) in [4.78, 5) is 0. The second kappa shape index (κ2) is 6.59. The van der Waals surface area contributed by atoms with E-state index in [2.05, 4.69) is 5.32 Å². The molecule has 0 bridgehead atoms. The molecule has 0 aliphatic heterocycles. The van der Waals surface area contributed by atoms with Crippen molar-refractivity contribution in [1.29, 1.82) is 0 Å². The molecule has 20 heavy (non-hydrogen) atoms. The summed E-state index contributed by atoms with van der Waals surface area (Å²) in [6, 6.07) is 12.8. The van der Waals surface area contributed by atoms with Gasteiger partial charge >= 0.3 is 0 Å². The third kappa shape index (κ3) is 3.62. The number of hydrogen-bond acceptors (Lipinski definition) is 2. The van der Waals surface area contributed by atoms with Crippen LogP contribution in [0, 0.1) is 11.6 Å². The van der Waals surface area contributed by atoms with Crippen molar-refractivity contribution in [2.75, 3.05) is 6.54 Å². The summed E-state index contributed by atoms with van der Waals surface area (Å²) < 4.78 is 26.6. The van der Waals surface area contributed by atoms with Gasteiger partial charge in [-0.2, -0.15) is 0 Å². The summed E-state index contributed by atoms with van der Waals surface area (Å²) in [6.45, 7) is 2.10. The summed E-state index contributed by atoms with van der Waals surface area (Å²) >= 11 is 0. The van der Waals surface area contributed by atoms with Gasteiger partial charge in [-0.15, -0.1) is 0 Å². The summed E-state index contributed by atoms with van der Waals surface area (Å²) in [5.41, 5.74) is 1.04. The van der Waals surface area contributed by atoms with Gasteiger partial charge in [0.2, 0.25) is 0 Å². The molecule has 0 aliphatic rings. The van der Waals surface area contributed by atoms with Crippen molar-refractivity contribution in [2.45, 2.75) is 19.1 Å². The van der Waals surface area contributed by atoms with Crippen LogP contribution in [0.15, 0.2) is 48.5 Å². The number of rotatable bonds is 5. The molecule has 0 heterocycles. The van der Waals surface area contributed by atoms with Gasteiger partial charge in [0.15, 0.2) is 0 Å². The lowest BCUT2D eigenvalue weighted by Gasteiger charge is -2.18. The van der Waals surface area contributed by atoms with Crippen LogP contribution >= 0.6 is 0 Å². The van der Waals surface area contributed by atoms with Gasteiger partial charge in [0.25, 0.3) is 0 Å². The van der Waals surface area contributed by atoms with E-state index in [0.717, 1.165) is 23.8 Å². The number of nitrogens with one attached hydrogen (secondary N) is 1. The molecule has 0 aromatic heterocycles. The van der Waals surface area contributed by atoms with E-state index in [1.807, 2.05) is 37.3 Å². The fourth-order valence-corrected chi connectivity index (χ4v) is 2.03. The Balaban J connectivity index is 1.98. The first-order valence-corrected chi connectivity index (χ1v) is 6.49.